The van der Waals surface area contributed by atoms with Crippen LogP contribution in [-0.4, -0.2) is 64.2 Å². The van der Waals surface area contributed by atoms with E-state index in [1.165, 1.54) is 18.2 Å². The molecule has 0 fully saturated rings. The van der Waals surface area contributed by atoms with E-state index < -0.39 is 41.9 Å². The zero-order valence-electron chi connectivity index (χ0n) is 18.0. The first kappa shape index (κ1) is 24.0. The number of hydrogen-bond donors (Lipinski definition) is 6. The molecule has 14 nitrogen and oxygen atoms in total. The van der Waals surface area contributed by atoms with Crippen LogP contribution in [0.25, 0.3) is 0 Å². The Morgan fingerprint density at radius 2 is 2.06 bits per heavy atom. The number of carbonyl (C=O) groups excluding carboxylic acids is 2. The van der Waals surface area contributed by atoms with Gasteiger partial charge in [-0.15, -0.1) is 0 Å². The molecular weight excluding hydrogens is 450 g/mol. The van der Waals surface area contributed by atoms with Crippen LogP contribution in [0.5, 0.6) is 0 Å². The van der Waals surface area contributed by atoms with E-state index in [1.54, 1.807) is 11.9 Å². The fraction of sp³-hybridized carbons (Fsp3) is 0.300. The molecule has 1 aliphatic heterocycles. The fourth-order valence-corrected chi connectivity index (χ4v) is 3.86. The van der Waals surface area contributed by atoms with Gasteiger partial charge in [0.2, 0.25) is 18.3 Å². The first-order valence-corrected chi connectivity index (χ1v) is 10.0. The smallest absolute Gasteiger partial charge is 0.311 e. The maximum atomic E-state index is 12.4. The number of nitrogen functional groups attached to an aromatic ring is 1. The maximum Gasteiger partial charge on any atom is 0.311 e. The van der Waals surface area contributed by atoms with Crippen LogP contribution in [0.15, 0.2) is 23.0 Å². The van der Waals surface area contributed by atoms with Gasteiger partial charge in [-0.3, -0.25) is 33.9 Å². The number of H-pyrrole nitrogens is 1. The molecule has 2 aromatic rings. The van der Waals surface area contributed by atoms with Crippen molar-refractivity contribution in [1.82, 2.24) is 9.97 Å². The van der Waals surface area contributed by atoms with Crippen LogP contribution in [0, 0.1) is 0 Å². The molecular formula is C20H23N7O7. The Hall–Kier alpha value is -4.62. The van der Waals surface area contributed by atoms with Crippen LogP contribution >= 0.6 is 0 Å². The highest BCUT2D eigenvalue weighted by Crippen LogP contribution is 2.32. The standard InChI is InChI=1S/C20H23N7O7/c1-26(13-7-23-17-15(27(13)8-28)18(32)25-20(22)24-17)9-2-3-10(16(21)31)12(6-9)11(19(33)34)4-5-14(29)30/h2-3,6,8,11,13H,4-5,7H2,1H3,(H2,21,31)(H,29,30)(H,33,34)(H4,22,23,24,25,32). The van der Waals surface area contributed by atoms with Gasteiger partial charge in [0.25, 0.3) is 5.56 Å². The average molecular weight is 473 g/mol. The number of nitrogens with one attached hydrogen (secondary N) is 2. The summed E-state index contributed by atoms with van der Waals surface area (Å²) in [4.78, 5) is 68.2. The number of primary amides is 1. The molecule has 0 spiro atoms. The Morgan fingerprint density at radius 3 is 2.65 bits per heavy atom. The number of rotatable bonds is 9. The largest absolute Gasteiger partial charge is 0.481 e. The predicted octanol–water partition coefficient (Wildman–Crippen LogP) is -0.665. The van der Waals surface area contributed by atoms with Crippen molar-refractivity contribution in [2.24, 2.45) is 5.73 Å². The number of carboxylic acid groups (broad SMARTS) is 2. The minimum absolute atomic E-state index is 0.0414. The van der Waals surface area contributed by atoms with Gasteiger partial charge in [0.15, 0.2) is 11.5 Å². The zero-order valence-corrected chi connectivity index (χ0v) is 18.0. The lowest BCUT2D eigenvalue weighted by Gasteiger charge is -2.40. The van der Waals surface area contributed by atoms with Crippen LogP contribution in [-0.2, 0) is 14.4 Å². The number of amides is 2. The average Bonchev–Trinajstić information content (AvgIpc) is 2.77. The van der Waals surface area contributed by atoms with Crippen molar-refractivity contribution < 1.29 is 29.4 Å². The molecule has 14 heteroatoms. The van der Waals surface area contributed by atoms with Crippen molar-refractivity contribution in [1.29, 1.82) is 0 Å². The predicted molar refractivity (Wildman–Crippen MR) is 121 cm³/mol. The highest BCUT2D eigenvalue weighted by atomic mass is 16.4. The third kappa shape index (κ3) is 4.60. The highest BCUT2D eigenvalue weighted by molar-refractivity contribution is 5.97. The van der Waals surface area contributed by atoms with Crippen LogP contribution in [0.2, 0.25) is 0 Å². The molecule has 0 saturated heterocycles. The molecule has 2 unspecified atom stereocenters. The van der Waals surface area contributed by atoms with E-state index in [9.17, 15) is 29.1 Å². The van der Waals surface area contributed by atoms with E-state index >= 15 is 0 Å². The van der Waals surface area contributed by atoms with E-state index in [1.807, 2.05) is 0 Å². The lowest BCUT2D eigenvalue weighted by molar-refractivity contribution is -0.140. The Bertz CT molecular complexity index is 1210. The third-order valence-corrected chi connectivity index (χ3v) is 5.53. The molecule has 2 heterocycles. The normalized spacial score (nSPS) is 15.6. The first-order chi connectivity index (χ1) is 16.0. The number of likely N-dealkylation sites (N-methyl/N-ethyl adjacent to an activating group) is 1. The van der Waals surface area contributed by atoms with Crippen LogP contribution in [0.1, 0.15) is 34.7 Å². The van der Waals surface area contributed by atoms with Gasteiger partial charge in [-0.25, -0.2) is 0 Å². The Balaban J connectivity index is 2.04. The van der Waals surface area contributed by atoms with Crippen LogP contribution in [0.4, 0.5) is 23.1 Å². The zero-order chi connectivity index (χ0) is 25.2. The van der Waals surface area contributed by atoms with Gasteiger partial charge < -0.3 is 31.9 Å². The fourth-order valence-electron chi connectivity index (χ4n) is 3.86. The molecule has 2 atom stereocenters. The molecule has 8 N–H and O–H groups in total. The number of aromatic amines is 1. The number of nitrogens with two attached hydrogens (primary N) is 2. The molecule has 1 aromatic carbocycles. The number of benzene rings is 1. The molecule has 34 heavy (non-hydrogen) atoms. The number of hydrogen-bond acceptors (Lipinski definition) is 9. The van der Waals surface area contributed by atoms with E-state index in [0.29, 0.717) is 12.1 Å². The van der Waals surface area contributed by atoms with Gasteiger partial charge in [-0.1, -0.05) is 0 Å². The van der Waals surface area contributed by atoms with Crippen molar-refractivity contribution in [3.63, 3.8) is 0 Å². The van der Waals surface area contributed by atoms with Gasteiger partial charge in [0.05, 0.1) is 12.5 Å². The highest BCUT2D eigenvalue weighted by Gasteiger charge is 2.33. The number of aromatic nitrogens is 2. The summed E-state index contributed by atoms with van der Waals surface area (Å²) in [7, 11) is 1.60. The molecule has 0 aliphatic carbocycles. The van der Waals surface area contributed by atoms with Crippen molar-refractivity contribution in [2.75, 3.05) is 34.4 Å². The number of carbonyl (C=O) groups is 4. The second-order valence-corrected chi connectivity index (χ2v) is 7.59. The summed E-state index contributed by atoms with van der Waals surface area (Å²) in [5.74, 6) is -4.68. The summed E-state index contributed by atoms with van der Waals surface area (Å²) in [6, 6.07) is 4.25. The Labute approximate surface area is 192 Å². The van der Waals surface area contributed by atoms with E-state index in [4.69, 9.17) is 16.6 Å². The molecule has 0 radical (unpaired) electrons. The molecule has 1 aromatic heterocycles. The van der Waals surface area contributed by atoms with Crippen LogP contribution < -0.4 is 32.1 Å². The van der Waals surface area contributed by atoms with Crippen molar-refractivity contribution in [2.45, 2.75) is 24.9 Å². The Morgan fingerprint density at radius 1 is 1.35 bits per heavy atom. The first-order valence-electron chi connectivity index (χ1n) is 10.0. The monoisotopic (exact) mass is 473 g/mol. The number of anilines is 4. The molecule has 1 aliphatic rings. The topological polar surface area (TPSA) is 225 Å². The maximum absolute atomic E-state index is 12.4. The van der Waals surface area contributed by atoms with Crippen molar-refractivity contribution in [3.05, 3.63) is 39.7 Å². The van der Waals surface area contributed by atoms with Gasteiger partial charge >= 0.3 is 11.9 Å². The minimum atomic E-state index is -1.32. The Kier molecular flexibility index (Phi) is 6.70. The minimum Gasteiger partial charge on any atom is -0.481 e. The summed E-state index contributed by atoms with van der Waals surface area (Å²) in [5, 5.41) is 21.6. The molecule has 0 saturated carbocycles. The van der Waals surface area contributed by atoms with Gasteiger partial charge in [-0.05, 0) is 30.2 Å². The lowest BCUT2D eigenvalue weighted by atomic mass is 9.89. The summed E-state index contributed by atoms with van der Waals surface area (Å²) in [6.45, 7) is 0.131. The van der Waals surface area contributed by atoms with Gasteiger partial charge in [0.1, 0.15) is 6.17 Å². The van der Waals surface area contributed by atoms with Gasteiger partial charge in [-0.2, -0.15) is 4.98 Å². The summed E-state index contributed by atoms with van der Waals surface area (Å²) in [6.07, 6.45) is -0.985. The number of fused-ring (bicyclic) bond motifs is 1. The van der Waals surface area contributed by atoms with E-state index in [2.05, 4.69) is 15.3 Å². The van der Waals surface area contributed by atoms with Crippen molar-refractivity contribution in [3.8, 4) is 0 Å². The number of carboxylic acids is 2. The molecule has 2 amide bonds. The molecule has 180 valence electrons. The quantitative estimate of drug-likeness (QED) is 0.250. The third-order valence-electron chi connectivity index (χ3n) is 5.53. The molecule has 3 rings (SSSR count). The lowest BCUT2D eigenvalue weighted by Crippen LogP contribution is -2.55. The number of aliphatic carboxylic acids is 2. The van der Waals surface area contributed by atoms with Crippen molar-refractivity contribution >= 4 is 47.4 Å². The van der Waals surface area contributed by atoms with Gasteiger partial charge in [0, 0.05) is 24.7 Å². The summed E-state index contributed by atoms with van der Waals surface area (Å²) in [5.41, 5.74) is 10.7. The summed E-state index contributed by atoms with van der Waals surface area (Å²) >= 11 is 0. The van der Waals surface area contributed by atoms with E-state index in [-0.39, 0.29) is 41.5 Å². The second kappa shape index (κ2) is 9.48. The van der Waals surface area contributed by atoms with E-state index in [0.717, 1.165) is 4.90 Å². The second-order valence-electron chi connectivity index (χ2n) is 7.59. The summed E-state index contributed by atoms with van der Waals surface area (Å²) < 4.78 is 0. The van der Waals surface area contributed by atoms with Crippen LogP contribution in [0.3, 0.4) is 0 Å². The molecule has 0 bridgehead atoms. The number of nitrogens with zero attached hydrogens (tertiary/aromatic N) is 3. The SMILES string of the molecule is CN(c1ccc(C(N)=O)c(C(CCC(=O)O)C(=O)O)c1)C1CNc2nc(N)[nH]c(=O)c2N1C=O.